The quantitative estimate of drug-likeness (QED) is 0.555. The lowest BCUT2D eigenvalue weighted by Crippen LogP contribution is -2.20. The first-order valence-corrected chi connectivity index (χ1v) is 5.51. The molecule has 0 saturated heterocycles. The van der Waals surface area contributed by atoms with Gasteiger partial charge in [0.1, 0.15) is 0 Å². The van der Waals surface area contributed by atoms with Gasteiger partial charge in [0.2, 0.25) is 0 Å². The summed E-state index contributed by atoms with van der Waals surface area (Å²) in [4.78, 5) is 13.5. The summed E-state index contributed by atoms with van der Waals surface area (Å²) in [6.45, 7) is 5.25. The van der Waals surface area contributed by atoms with Crippen LogP contribution in [0.2, 0.25) is 0 Å². The fourth-order valence-electron chi connectivity index (χ4n) is 2.03. The van der Waals surface area contributed by atoms with E-state index < -0.39 is 0 Å². The lowest BCUT2D eigenvalue weighted by Gasteiger charge is -2.15. The number of rotatable bonds is 2. The maximum absolute atomic E-state index is 11.3. The van der Waals surface area contributed by atoms with Crippen molar-refractivity contribution in [3.63, 3.8) is 0 Å². The number of fused-ring (bicyclic) bond motifs is 1. The van der Waals surface area contributed by atoms with Gasteiger partial charge >= 0.3 is 0 Å². The lowest BCUT2D eigenvalue weighted by molar-refractivity contribution is 0.101. The van der Waals surface area contributed by atoms with Crippen molar-refractivity contribution in [2.24, 2.45) is 0 Å². The summed E-state index contributed by atoms with van der Waals surface area (Å²) in [5.41, 5.74) is 3.31. The number of nitrogens with zero attached hydrogens (tertiary/aromatic N) is 1. The minimum atomic E-state index is 0.134. The molecule has 0 bridgehead atoms. The van der Waals surface area contributed by atoms with E-state index in [1.54, 1.807) is 6.92 Å². The number of ketones is 1. The van der Waals surface area contributed by atoms with Crippen LogP contribution in [-0.4, -0.2) is 18.9 Å². The standard InChI is InChI=1S/C14H15NO/c1-3-4-8-15-9-7-13-10-12(11(2)16)5-6-14(13)15/h5-6,10H,7-9H2,1-2H3. The zero-order valence-electron chi connectivity index (χ0n) is 9.71. The van der Waals surface area contributed by atoms with Gasteiger partial charge in [-0.1, -0.05) is 5.92 Å². The molecule has 0 fully saturated rings. The predicted octanol–water partition coefficient (Wildman–Crippen LogP) is 2.28. The van der Waals surface area contributed by atoms with E-state index >= 15 is 0 Å². The summed E-state index contributed by atoms with van der Waals surface area (Å²) in [5.74, 6) is 6.12. The van der Waals surface area contributed by atoms with Crippen LogP contribution in [0.1, 0.15) is 29.8 Å². The molecule has 0 radical (unpaired) electrons. The minimum Gasteiger partial charge on any atom is -0.360 e. The van der Waals surface area contributed by atoms with Gasteiger partial charge in [0, 0.05) is 17.8 Å². The van der Waals surface area contributed by atoms with Crippen LogP contribution in [0, 0.1) is 11.8 Å². The molecule has 0 atom stereocenters. The van der Waals surface area contributed by atoms with Crippen LogP contribution in [0.25, 0.3) is 0 Å². The molecule has 1 heterocycles. The van der Waals surface area contributed by atoms with Crippen molar-refractivity contribution in [1.82, 2.24) is 0 Å². The number of Topliss-reactive ketones (excluding diaryl/α,β-unsaturated/α-hetero) is 1. The van der Waals surface area contributed by atoms with Gasteiger partial charge in [-0.2, -0.15) is 0 Å². The molecule has 0 amide bonds. The normalized spacial score (nSPS) is 13.0. The predicted molar refractivity (Wildman–Crippen MR) is 65.8 cm³/mol. The molecule has 2 nitrogen and oxygen atoms in total. The number of anilines is 1. The van der Waals surface area contributed by atoms with Gasteiger partial charge in [-0.05, 0) is 44.0 Å². The van der Waals surface area contributed by atoms with Crippen molar-refractivity contribution in [3.05, 3.63) is 29.3 Å². The maximum Gasteiger partial charge on any atom is 0.159 e. The zero-order valence-corrected chi connectivity index (χ0v) is 9.71. The van der Waals surface area contributed by atoms with E-state index in [2.05, 4.69) is 16.7 Å². The van der Waals surface area contributed by atoms with Gasteiger partial charge in [0.15, 0.2) is 5.78 Å². The van der Waals surface area contributed by atoms with E-state index in [0.717, 1.165) is 25.1 Å². The van der Waals surface area contributed by atoms with Crippen molar-refractivity contribution in [1.29, 1.82) is 0 Å². The highest BCUT2D eigenvalue weighted by molar-refractivity contribution is 5.94. The number of carbonyl (C=O) groups is 1. The van der Waals surface area contributed by atoms with Crippen LogP contribution in [0.15, 0.2) is 18.2 Å². The molecular weight excluding hydrogens is 198 g/mol. The Labute approximate surface area is 96.3 Å². The van der Waals surface area contributed by atoms with Crippen molar-refractivity contribution in [2.75, 3.05) is 18.0 Å². The maximum atomic E-state index is 11.3. The average molecular weight is 213 g/mol. The Morgan fingerprint density at radius 3 is 3.00 bits per heavy atom. The molecule has 0 saturated carbocycles. The molecule has 82 valence electrons. The highest BCUT2D eigenvalue weighted by atomic mass is 16.1. The van der Waals surface area contributed by atoms with Crippen LogP contribution in [0.4, 0.5) is 5.69 Å². The number of carbonyl (C=O) groups excluding carboxylic acids is 1. The first-order valence-electron chi connectivity index (χ1n) is 5.51. The molecule has 2 rings (SSSR count). The molecule has 0 spiro atoms. The first-order chi connectivity index (χ1) is 7.72. The Morgan fingerprint density at radius 1 is 1.50 bits per heavy atom. The second kappa shape index (κ2) is 4.40. The third-order valence-electron chi connectivity index (χ3n) is 2.92. The van der Waals surface area contributed by atoms with Crippen molar-refractivity contribution in [3.8, 4) is 11.8 Å². The third-order valence-corrected chi connectivity index (χ3v) is 2.92. The monoisotopic (exact) mass is 213 g/mol. The first kappa shape index (κ1) is 10.8. The van der Waals surface area contributed by atoms with Gasteiger partial charge in [-0.25, -0.2) is 0 Å². The highest BCUT2D eigenvalue weighted by Crippen LogP contribution is 2.28. The second-order valence-corrected chi connectivity index (χ2v) is 4.00. The molecule has 1 aliphatic rings. The molecule has 0 aliphatic carbocycles. The van der Waals surface area contributed by atoms with E-state index in [4.69, 9.17) is 0 Å². The largest absolute Gasteiger partial charge is 0.360 e. The summed E-state index contributed by atoms with van der Waals surface area (Å²) in [6.07, 6.45) is 1.02. The second-order valence-electron chi connectivity index (χ2n) is 4.00. The average Bonchev–Trinajstić information content (AvgIpc) is 2.68. The van der Waals surface area contributed by atoms with Gasteiger partial charge in [0.25, 0.3) is 0 Å². The highest BCUT2D eigenvalue weighted by Gasteiger charge is 2.18. The summed E-state index contributed by atoms with van der Waals surface area (Å²) in [6, 6.07) is 5.95. The molecule has 0 aromatic heterocycles. The van der Waals surface area contributed by atoms with E-state index in [1.807, 2.05) is 25.1 Å². The Hall–Kier alpha value is -1.75. The van der Waals surface area contributed by atoms with Crippen LogP contribution >= 0.6 is 0 Å². The summed E-state index contributed by atoms with van der Waals surface area (Å²) in [7, 11) is 0. The molecule has 0 N–H and O–H groups in total. The SMILES string of the molecule is CC#CCN1CCc2cc(C(C)=O)ccc21. The number of benzene rings is 1. The van der Waals surface area contributed by atoms with Gasteiger partial charge in [-0.3, -0.25) is 4.79 Å². The fraction of sp³-hybridized carbons (Fsp3) is 0.357. The van der Waals surface area contributed by atoms with Gasteiger partial charge in [-0.15, -0.1) is 5.92 Å². The molecule has 1 aromatic rings. The Morgan fingerprint density at radius 2 is 2.31 bits per heavy atom. The lowest BCUT2D eigenvalue weighted by atomic mass is 10.1. The van der Waals surface area contributed by atoms with Crippen LogP contribution in [-0.2, 0) is 6.42 Å². The minimum absolute atomic E-state index is 0.134. The van der Waals surface area contributed by atoms with Gasteiger partial charge in [0.05, 0.1) is 6.54 Å². The smallest absolute Gasteiger partial charge is 0.159 e. The molecule has 1 aromatic carbocycles. The third kappa shape index (κ3) is 1.94. The number of hydrogen-bond donors (Lipinski definition) is 0. The topological polar surface area (TPSA) is 20.3 Å². The zero-order chi connectivity index (χ0) is 11.5. The fourth-order valence-corrected chi connectivity index (χ4v) is 2.03. The van der Waals surface area contributed by atoms with E-state index in [0.29, 0.717) is 0 Å². The molecule has 1 aliphatic heterocycles. The molecule has 16 heavy (non-hydrogen) atoms. The van der Waals surface area contributed by atoms with Crippen LogP contribution in [0.5, 0.6) is 0 Å². The van der Waals surface area contributed by atoms with Crippen LogP contribution < -0.4 is 4.90 Å². The summed E-state index contributed by atoms with van der Waals surface area (Å²) < 4.78 is 0. The summed E-state index contributed by atoms with van der Waals surface area (Å²) in [5, 5.41) is 0. The van der Waals surface area contributed by atoms with E-state index in [9.17, 15) is 4.79 Å². The van der Waals surface area contributed by atoms with Crippen molar-refractivity contribution in [2.45, 2.75) is 20.3 Å². The molecule has 0 unspecified atom stereocenters. The Balaban J connectivity index is 2.27. The number of hydrogen-bond acceptors (Lipinski definition) is 2. The van der Waals surface area contributed by atoms with E-state index in [1.165, 1.54) is 11.3 Å². The Bertz CT molecular complexity index is 479. The van der Waals surface area contributed by atoms with E-state index in [-0.39, 0.29) is 5.78 Å². The Kier molecular flexibility index (Phi) is 2.96. The van der Waals surface area contributed by atoms with Gasteiger partial charge < -0.3 is 4.90 Å². The van der Waals surface area contributed by atoms with Crippen LogP contribution in [0.3, 0.4) is 0 Å². The van der Waals surface area contributed by atoms with Crippen molar-refractivity contribution < 1.29 is 4.79 Å². The molecule has 2 heteroatoms. The molecular formula is C14H15NO. The van der Waals surface area contributed by atoms with Crippen molar-refractivity contribution >= 4 is 11.5 Å². The summed E-state index contributed by atoms with van der Waals surface area (Å²) >= 11 is 0.